The van der Waals surface area contributed by atoms with E-state index in [1.807, 2.05) is 4.90 Å². The van der Waals surface area contributed by atoms with Crippen molar-refractivity contribution in [3.63, 3.8) is 0 Å². The highest BCUT2D eigenvalue weighted by molar-refractivity contribution is 5.93. The van der Waals surface area contributed by atoms with E-state index in [1.54, 1.807) is 24.2 Å². The first-order valence-corrected chi connectivity index (χ1v) is 9.96. The molecule has 28 heavy (non-hydrogen) atoms. The number of ether oxygens (including phenoxy) is 2. The van der Waals surface area contributed by atoms with Gasteiger partial charge in [0, 0.05) is 51.9 Å². The lowest BCUT2D eigenvalue weighted by atomic mass is 10.0. The van der Waals surface area contributed by atoms with Crippen molar-refractivity contribution in [2.75, 3.05) is 46.5 Å². The standard InChI is InChI=1S/C21H28N4O3/c1-16(18-4-3-17-5-11-28-20(17)13-18)23-6-8-24(9-7-23)21(26)19-14-22-25(15-19)10-12-27-2/h3-4,13-16H,5-12H2,1-2H3/t16-/m1/s1. The molecule has 0 spiro atoms. The molecule has 7 heteroatoms. The fourth-order valence-corrected chi connectivity index (χ4v) is 3.93. The first-order valence-electron chi connectivity index (χ1n) is 9.96. The zero-order valence-corrected chi connectivity index (χ0v) is 16.6. The van der Waals surface area contributed by atoms with Gasteiger partial charge >= 0.3 is 0 Å². The fourth-order valence-electron chi connectivity index (χ4n) is 3.93. The van der Waals surface area contributed by atoms with Gasteiger partial charge in [0.25, 0.3) is 5.91 Å². The molecule has 1 aromatic carbocycles. The summed E-state index contributed by atoms with van der Waals surface area (Å²) in [4.78, 5) is 17.1. The molecular weight excluding hydrogens is 356 g/mol. The highest BCUT2D eigenvalue weighted by Crippen LogP contribution is 2.31. The van der Waals surface area contributed by atoms with Crippen LogP contribution < -0.4 is 4.74 Å². The van der Waals surface area contributed by atoms with Crippen molar-refractivity contribution in [3.05, 3.63) is 47.3 Å². The lowest BCUT2D eigenvalue weighted by Gasteiger charge is -2.38. The number of carbonyl (C=O) groups is 1. The number of benzene rings is 1. The highest BCUT2D eigenvalue weighted by atomic mass is 16.5. The van der Waals surface area contributed by atoms with Gasteiger partial charge in [-0.05, 0) is 24.1 Å². The summed E-state index contributed by atoms with van der Waals surface area (Å²) >= 11 is 0. The molecule has 1 atom stereocenters. The number of hydrogen-bond acceptors (Lipinski definition) is 5. The number of carbonyl (C=O) groups excluding carboxylic acids is 1. The van der Waals surface area contributed by atoms with Gasteiger partial charge in [0.1, 0.15) is 5.75 Å². The molecule has 150 valence electrons. The largest absolute Gasteiger partial charge is 0.493 e. The third kappa shape index (κ3) is 3.91. The van der Waals surface area contributed by atoms with E-state index in [0.717, 1.165) is 45.0 Å². The minimum atomic E-state index is 0.0573. The average molecular weight is 384 g/mol. The molecular formula is C21H28N4O3. The van der Waals surface area contributed by atoms with E-state index in [0.29, 0.717) is 24.8 Å². The topological polar surface area (TPSA) is 59.8 Å². The summed E-state index contributed by atoms with van der Waals surface area (Å²) in [5.41, 5.74) is 3.23. The van der Waals surface area contributed by atoms with E-state index < -0.39 is 0 Å². The predicted octanol–water partition coefficient (Wildman–Crippen LogP) is 1.98. The van der Waals surface area contributed by atoms with Crippen molar-refractivity contribution in [1.82, 2.24) is 19.6 Å². The van der Waals surface area contributed by atoms with Gasteiger partial charge in [-0.15, -0.1) is 0 Å². The van der Waals surface area contributed by atoms with E-state index >= 15 is 0 Å². The Morgan fingerprint density at radius 2 is 2.11 bits per heavy atom. The molecule has 0 N–H and O–H groups in total. The number of methoxy groups -OCH3 is 1. The molecule has 7 nitrogen and oxygen atoms in total. The molecule has 2 aliphatic rings. The molecule has 4 rings (SSSR count). The summed E-state index contributed by atoms with van der Waals surface area (Å²) in [5.74, 6) is 1.09. The second-order valence-corrected chi connectivity index (χ2v) is 7.45. The summed E-state index contributed by atoms with van der Waals surface area (Å²) in [5, 5.41) is 4.25. The predicted molar refractivity (Wildman–Crippen MR) is 106 cm³/mol. The summed E-state index contributed by atoms with van der Waals surface area (Å²) in [6, 6.07) is 6.89. The zero-order chi connectivity index (χ0) is 19.5. The Bertz CT molecular complexity index is 827. The number of hydrogen-bond donors (Lipinski definition) is 0. The number of amides is 1. The fraction of sp³-hybridized carbons (Fsp3) is 0.524. The van der Waals surface area contributed by atoms with Crippen LogP contribution in [0, 0.1) is 0 Å². The summed E-state index contributed by atoms with van der Waals surface area (Å²) in [6.07, 6.45) is 4.46. The molecule has 2 aliphatic heterocycles. The van der Waals surface area contributed by atoms with Gasteiger partial charge < -0.3 is 14.4 Å². The molecule has 0 unspecified atom stereocenters. The summed E-state index contributed by atoms with van der Waals surface area (Å²) < 4.78 is 12.5. The van der Waals surface area contributed by atoms with Gasteiger partial charge in [-0.25, -0.2) is 0 Å². The Labute approximate surface area is 165 Å². The maximum absolute atomic E-state index is 12.8. The van der Waals surface area contributed by atoms with E-state index in [9.17, 15) is 4.79 Å². The van der Waals surface area contributed by atoms with E-state index in [4.69, 9.17) is 9.47 Å². The quantitative estimate of drug-likeness (QED) is 0.762. The van der Waals surface area contributed by atoms with Gasteiger partial charge in [0.2, 0.25) is 0 Å². The lowest BCUT2D eigenvalue weighted by Crippen LogP contribution is -2.49. The molecule has 2 aromatic rings. The van der Waals surface area contributed by atoms with Crippen LogP contribution in [-0.2, 0) is 17.7 Å². The summed E-state index contributed by atoms with van der Waals surface area (Å²) in [6.45, 7) is 7.44. The Balaban J connectivity index is 1.33. The van der Waals surface area contributed by atoms with Gasteiger partial charge in [-0.1, -0.05) is 12.1 Å². The van der Waals surface area contributed by atoms with E-state index in [2.05, 4.69) is 35.1 Å². The number of piperazine rings is 1. The van der Waals surface area contributed by atoms with Crippen LogP contribution in [0.3, 0.4) is 0 Å². The monoisotopic (exact) mass is 384 g/mol. The Kier molecular flexibility index (Phi) is 5.64. The third-order valence-electron chi connectivity index (χ3n) is 5.76. The maximum Gasteiger partial charge on any atom is 0.257 e. The van der Waals surface area contributed by atoms with Crippen LogP contribution in [0.15, 0.2) is 30.6 Å². The van der Waals surface area contributed by atoms with Crippen LogP contribution in [0.25, 0.3) is 0 Å². The van der Waals surface area contributed by atoms with E-state index in [-0.39, 0.29) is 5.91 Å². The minimum absolute atomic E-state index is 0.0573. The van der Waals surface area contributed by atoms with Crippen LogP contribution in [0.4, 0.5) is 0 Å². The summed E-state index contributed by atoms with van der Waals surface area (Å²) in [7, 11) is 1.66. The first kappa shape index (κ1) is 19.0. The molecule has 3 heterocycles. The van der Waals surface area contributed by atoms with Crippen molar-refractivity contribution in [2.45, 2.75) is 25.9 Å². The normalized spacial score (nSPS) is 18.0. The third-order valence-corrected chi connectivity index (χ3v) is 5.76. The Morgan fingerprint density at radius 1 is 1.29 bits per heavy atom. The number of fused-ring (bicyclic) bond motifs is 1. The van der Waals surface area contributed by atoms with Crippen LogP contribution in [0.1, 0.15) is 34.5 Å². The number of nitrogens with zero attached hydrogens (tertiary/aromatic N) is 4. The van der Waals surface area contributed by atoms with Gasteiger partial charge in [0.15, 0.2) is 0 Å². The highest BCUT2D eigenvalue weighted by Gasteiger charge is 2.26. The van der Waals surface area contributed by atoms with Gasteiger partial charge in [-0.3, -0.25) is 14.4 Å². The smallest absolute Gasteiger partial charge is 0.257 e. The minimum Gasteiger partial charge on any atom is -0.493 e. The molecule has 0 bridgehead atoms. The molecule has 1 saturated heterocycles. The lowest BCUT2D eigenvalue weighted by molar-refractivity contribution is 0.0582. The van der Waals surface area contributed by atoms with Crippen LogP contribution in [-0.4, -0.2) is 72.0 Å². The molecule has 0 radical (unpaired) electrons. The SMILES string of the molecule is COCCn1cc(C(=O)N2CCN([C@H](C)c3ccc4c(c3)OCC4)CC2)cn1. The van der Waals surface area contributed by atoms with Crippen molar-refractivity contribution in [1.29, 1.82) is 0 Å². The van der Waals surface area contributed by atoms with Crippen LogP contribution in [0.5, 0.6) is 5.75 Å². The number of aromatic nitrogens is 2. The Hall–Kier alpha value is -2.38. The second kappa shape index (κ2) is 8.32. The maximum atomic E-state index is 12.8. The second-order valence-electron chi connectivity index (χ2n) is 7.45. The van der Waals surface area contributed by atoms with Gasteiger partial charge in [0.05, 0.1) is 31.5 Å². The first-order chi connectivity index (χ1) is 13.7. The number of rotatable bonds is 6. The van der Waals surface area contributed by atoms with E-state index in [1.165, 1.54) is 11.1 Å². The molecule has 1 fully saturated rings. The molecule has 0 aliphatic carbocycles. The molecule has 1 amide bonds. The Morgan fingerprint density at radius 3 is 2.89 bits per heavy atom. The van der Waals surface area contributed by atoms with Crippen molar-refractivity contribution < 1.29 is 14.3 Å². The van der Waals surface area contributed by atoms with Crippen LogP contribution in [0.2, 0.25) is 0 Å². The van der Waals surface area contributed by atoms with Gasteiger partial charge in [-0.2, -0.15) is 5.10 Å². The van der Waals surface area contributed by atoms with Crippen molar-refractivity contribution in [3.8, 4) is 5.75 Å². The molecule has 0 saturated carbocycles. The van der Waals surface area contributed by atoms with Crippen molar-refractivity contribution >= 4 is 5.91 Å². The van der Waals surface area contributed by atoms with Crippen molar-refractivity contribution in [2.24, 2.45) is 0 Å². The van der Waals surface area contributed by atoms with Crippen LogP contribution >= 0.6 is 0 Å². The average Bonchev–Trinajstić information content (AvgIpc) is 3.40. The zero-order valence-electron chi connectivity index (χ0n) is 16.6. The molecule has 1 aromatic heterocycles.